The standard InChI is InChI=1S/C19H21N3O2S/c1-21-12-15(16-8-5-11-24-16)19(13-21)17(23)22(18(25)20-19)10-9-14-6-3-2-4-7-14/h2-8,11,15H,9-10,12-13H2,1H3,(H,20,25)/t15-,19-/m0/s1. The number of nitrogens with zero attached hydrogens (tertiary/aromatic N) is 2. The van der Waals surface area contributed by atoms with Gasteiger partial charge in [0.05, 0.1) is 12.2 Å². The van der Waals surface area contributed by atoms with E-state index in [0.717, 1.165) is 18.7 Å². The second kappa shape index (κ2) is 6.28. The average Bonchev–Trinajstić information content (AvgIpc) is 3.28. The topological polar surface area (TPSA) is 48.7 Å². The predicted molar refractivity (Wildman–Crippen MR) is 99.3 cm³/mol. The van der Waals surface area contributed by atoms with Crippen molar-refractivity contribution in [3.63, 3.8) is 0 Å². The molecule has 2 aliphatic heterocycles. The van der Waals surface area contributed by atoms with Crippen molar-refractivity contribution in [3.05, 3.63) is 60.1 Å². The Morgan fingerprint density at radius 2 is 2.08 bits per heavy atom. The van der Waals surface area contributed by atoms with Crippen LogP contribution in [-0.4, -0.2) is 53.0 Å². The number of rotatable bonds is 4. The van der Waals surface area contributed by atoms with E-state index in [0.29, 0.717) is 18.2 Å². The number of likely N-dealkylation sites (N-methyl/N-ethyl adjacent to an activating group) is 1. The Bertz CT molecular complexity index is 777. The zero-order chi connectivity index (χ0) is 17.4. The molecular formula is C19H21N3O2S. The van der Waals surface area contributed by atoms with Crippen molar-refractivity contribution in [3.8, 4) is 0 Å². The third-order valence-corrected chi connectivity index (χ3v) is 5.49. The van der Waals surface area contributed by atoms with Crippen LogP contribution in [0.4, 0.5) is 0 Å². The molecule has 3 heterocycles. The van der Waals surface area contributed by atoms with Crippen molar-refractivity contribution in [2.24, 2.45) is 0 Å². The molecule has 2 aliphatic rings. The van der Waals surface area contributed by atoms with E-state index >= 15 is 0 Å². The van der Waals surface area contributed by atoms with Crippen molar-refractivity contribution in [2.75, 3.05) is 26.7 Å². The molecule has 1 amide bonds. The molecule has 0 bridgehead atoms. The summed E-state index contributed by atoms with van der Waals surface area (Å²) in [6.45, 7) is 1.98. The first-order valence-corrected chi connectivity index (χ1v) is 8.91. The van der Waals surface area contributed by atoms with E-state index in [9.17, 15) is 4.79 Å². The maximum Gasteiger partial charge on any atom is 0.256 e. The highest BCUT2D eigenvalue weighted by Crippen LogP contribution is 2.39. The molecule has 5 nitrogen and oxygen atoms in total. The van der Waals surface area contributed by atoms with Crippen molar-refractivity contribution in [1.29, 1.82) is 0 Å². The molecular weight excluding hydrogens is 334 g/mol. The lowest BCUT2D eigenvalue weighted by Gasteiger charge is -2.26. The lowest BCUT2D eigenvalue weighted by atomic mass is 9.85. The molecule has 2 atom stereocenters. The number of carbonyl (C=O) groups is 1. The number of likely N-dealkylation sites (tertiary alicyclic amines) is 1. The first-order valence-electron chi connectivity index (χ1n) is 8.50. The van der Waals surface area contributed by atoms with Gasteiger partial charge in [-0.1, -0.05) is 30.3 Å². The number of benzene rings is 1. The van der Waals surface area contributed by atoms with Gasteiger partial charge in [-0.2, -0.15) is 0 Å². The quantitative estimate of drug-likeness (QED) is 0.850. The minimum absolute atomic E-state index is 0.0420. The van der Waals surface area contributed by atoms with Gasteiger partial charge in [-0.05, 0) is 43.4 Å². The van der Waals surface area contributed by atoms with Crippen LogP contribution in [0.1, 0.15) is 17.2 Å². The third kappa shape index (κ3) is 2.75. The molecule has 0 unspecified atom stereocenters. The average molecular weight is 355 g/mol. The first-order chi connectivity index (χ1) is 12.1. The summed E-state index contributed by atoms with van der Waals surface area (Å²) in [4.78, 5) is 17.2. The van der Waals surface area contributed by atoms with E-state index in [1.54, 1.807) is 11.2 Å². The SMILES string of the molecule is CN1C[C@@H](c2ccco2)[C@]2(C1)NC(=S)N(CCc1ccccc1)C2=O. The van der Waals surface area contributed by atoms with Gasteiger partial charge in [-0.15, -0.1) is 0 Å². The fraction of sp³-hybridized carbons (Fsp3) is 0.368. The van der Waals surface area contributed by atoms with Gasteiger partial charge >= 0.3 is 0 Å². The highest BCUT2D eigenvalue weighted by atomic mass is 32.1. The summed E-state index contributed by atoms with van der Waals surface area (Å²) < 4.78 is 5.62. The highest BCUT2D eigenvalue weighted by Gasteiger charge is 2.59. The van der Waals surface area contributed by atoms with Gasteiger partial charge in [0.1, 0.15) is 11.3 Å². The summed E-state index contributed by atoms with van der Waals surface area (Å²) in [5, 5.41) is 3.86. The molecule has 0 radical (unpaired) electrons. The molecule has 4 rings (SSSR count). The summed E-state index contributed by atoms with van der Waals surface area (Å²) >= 11 is 5.51. The van der Waals surface area contributed by atoms with E-state index in [-0.39, 0.29) is 11.8 Å². The number of hydrogen-bond donors (Lipinski definition) is 1. The van der Waals surface area contributed by atoms with Gasteiger partial charge < -0.3 is 14.6 Å². The van der Waals surface area contributed by atoms with Gasteiger partial charge in [0.25, 0.3) is 5.91 Å². The van der Waals surface area contributed by atoms with E-state index in [2.05, 4.69) is 22.3 Å². The molecule has 1 aromatic carbocycles. The molecule has 130 valence electrons. The van der Waals surface area contributed by atoms with Crippen LogP contribution in [0.2, 0.25) is 0 Å². The first kappa shape index (κ1) is 16.3. The van der Waals surface area contributed by atoms with Gasteiger partial charge in [-0.25, -0.2) is 0 Å². The van der Waals surface area contributed by atoms with Crippen LogP contribution in [0.3, 0.4) is 0 Å². The summed E-state index contributed by atoms with van der Waals surface area (Å²) in [6.07, 6.45) is 2.44. The fourth-order valence-electron chi connectivity index (χ4n) is 3.97. The summed E-state index contributed by atoms with van der Waals surface area (Å²) in [5.41, 5.74) is 0.477. The van der Waals surface area contributed by atoms with Gasteiger partial charge in [0.2, 0.25) is 0 Å². The van der Waals surface area contributed by atoms with Crippen LogP contribution in [-0.2, 0) is 11.2 Å². The summed E-state index contributed by atoms with van der Waals surface area (Å²) in [6, 6.07) is 14.0. The Kier molecular flexibility index (Phi) is 4.09. The molecule has 1 N–H and O–H groups in total. The Hall–Kier alpha value is -2.18. The number of hydrogen-bond acceptors (Lipinski definition) is 4. The molecule has 2 aromatic rings. The lowest BCUT2D eigenvalue weighted by Crippen LogP contribution is -2.52. The third-order valence-electron chi connectivity index (χ3n) is 5.16. The second-order valence-corrected chi connectivity index (χ2v) is 7.25. The molecule has 1 aromatic heterocycles. The lowest BCUT2D eigenvalue weighted by molar-refractivity contribution is -0.131. The molecule has 2 saturated heterocycles. The van der Waals surface area contributed by atoms with Crippen LogP contribution in [0.25, 0.3) is 0 Å². The molecule has 25 heavy (non-hydrogen) atoms. The van der Waals surface area contributed by atoms with Gasteiger partial charge in [0, 0.05) is 19.6 Å². The molecule has 1 spiro atoms. The number of nitrogens with one attached hydrogen (secondary N) is 1. The Morgan fingerprint density at radius 3 is 2.80 bits per heavy atom. The maximum atomic E-state index is 13.3. The van der Waals surface area contributed by atoms with E-state index < -0.39 is 5.54 Å². The van der Waals surface area contributed by atoms with Crippen LogP contribution in [0.5, 0.6) is 0 Å². The minimum atomic E-state index is -0.722. The van der Waals surface area contributed by atoms with E-state index in [1.165, 1.54) is 5.56 Å². The smallest absolute Gasteiger partial charge is 0.256 e. The van der Waals surface area contributed by atoms with E-state index in [4.69, 9.17) is 16.6 Å². The summed E-state index contributed by atoms with van der Waals surface area (Å²) in [7, 11) is 2.02. The highest BCUT2D eigenvalue weighted by molar-refractivity contribution is 7.80. The largest absolute Gasteiger partial charge is 0.469 e. The Morgan fingerprint density at radius 1 is 1.28 bits per heavy atom. The van der Waals surface area contributed by atoms with Crippen molar-refractivity contribution < 1.29 is 9.21 Å². The second-order valence-electron chi connectivity index (χ2n) is 6.86. The van der Waals surface area contributed by atoms with E-state index in [1.807, 2.05) is 37.4 Å². The Labute approximate surface area is 152 Å². The van der Waals surface area contributed by atoms with Crippen molar-refractivity contribution >= 4 is 23.2 Å². The van der Waals surface area contributed by atoms with Crippen LogP contribution >= 0.6 is 12.2 Å². The van der Waals surface area contributed by atoms with Crippen LogP contribution in [0.15, 0.2) is 53.1 Å². The van der Waals surface area contributed by atoms with Crippen molar-refractivity contribution in [1.82, 2.24) is 15.1 Å². The predicted octanol–water partition coefficient (Wildman–Crippen LogP) is 2.01. The van der Waals surface area contributed by atoms with Crippen LogP contribution in [0, 0.1) is 0 Å². The fourth-order valence-corrected chi connectivity index (χ4v) is 4.32. The van der Waals surface area contributed by atoms with Gasteiger partial charge in [-0.3, -0.25) is 9.69 Å². The summed E-state index contributed by atoms with van der Waals surface area (Å²) in [5.74, 6) is 0.844. The molecule has 6 heteroatoms. The zero-order valence-corrected chi connectivity index (χ0v) is 15.0. The number of carbonyl (C=O) groups excluding carboxylic acids is 1. The molecule has 0 aliphatic carbocycles. The normalized spacial score (nSPS) is 26.6. The maximum absolute atomic E-state index is 13.3. The number of amides is 1. The van der Waals surface area contributed by atoms with Gasteiger partial charge in [0.15, 0.2) is 5.11 Å². The molecule has 0 saturated carbocycles. The minimum Gasteiger partial charge on any atom is -0.469 e. The van der Waals surface area contributed by atoms with Crippen molar-refractivity contribution in [2.45, 2.75) is 17.9 Å². The number of thiocarbonyl (C=S) groups is 1. The molecule has 2 fully saturated rings. The number of furan rings is 1. The van der Waals surface area contributed by atoms with Crippen LogP contribution < -0.4 is 5.32 Å². The zero-order valence-electron chi connectivity index (χ0n) is 14.1. The Balaban J connectivity index is 1.57. The monoisotopic (exact) mass is 355 g/mol.